The van der Waals surface area contributed by atoms with E-state index in [9.17, 15) is 4.79 Å². The smallest absolute Gasteiger partial charge is 0.307 e. The maximum absolute atomic E-state index is 11.8. The van der Waals surface area contributed by atoms with Crippen molar-refractivity contribution in [3.8, 4) is 0 Å². The van der Waals surface area contributed by atoms with Crippen molar-refractivity contribution in [2.24, 2.45) is 5.41 Å². The lowest BCUT2D eigenvalue weighted by atomic mass is 9.84. The molecule has 2 aromatic rings. The molecule has 7 heteroatoms. The molecule has 0 bridgehead atoms. The van der Waals surface area contributed by atoms with Crippen molar-refractivity contribution in [1.29, 1.82) is 0 Å². The third kappa shape index (κ3) is 3.98. The third-order valence-electron chi connectivity index (χ3n) is 4.06. The summed E-state index contributed by atoms with van der Waals surface area (Å²) >= 11 is 6.12. The Labute approximate surface area is 147 Å². The van der Waals surface area contributed by atoms with E-state index in [4.69, 9.17) is 16.3 Å². The highest BCUT2D eigenvalue weighted by atomic mass is 35.5. The van der Waals surface area contributed by atoms with E-state index in [0.717, 1.165) is 11.0 Å². The highest BCUT2D eigenvalue weighted by Crippen LogP contribution is 2.30. The number of nitrogens with one attached hydrogen (secondary N) is 1. The number of fused-ring (bicyclic) bond motifs is 1. The first kappa shape index (κ1) is 18.5. The lowest BCUT2D eigenvalue weighted by Gasteiger charge is -2.31. The van der Waals surface area contributed by atoms with Crippen LogP contribution in [-0.2, 0) is 9.53 Å². The summed E-state index contributed by atoms with van der Waals surface area (Å²) < 4.78 is 6.86. The first-order valence-electron chi connectivity index (χ1n) is 8.01. The summed E-state index contributed by atoms with van der Waals surface area (Å²) in [6.45, 7) is 10.3. The van der Waals surface area contributed by atoms with Crippen molar-refractivity contribution >= 4 is 34.4 Å². The van der Waals surface area contributed by atoms with Gasteiger partial charge in [0.2, 0.25) is 5.28 Å². The number of halogens is 1. The van der Waals surface area contributed by atoms with Crippen molar-refractivity contribution in [2.45, 2.75) is 53.1 Å². The van der Waals surface area contributed by atoms with Crippen LogP contribution in [0, 0.1) is 5.41 Å². The summed E-state index contributed by atoms with van der Waals surface area (Å²) in [7, 11) is 1.39. The predicted molar refractivity (Wildman–Crippen MR) is 96.4 cm³/mol. The molecule has 0 aliphatic heterocycles. The van der Waals surface area contributed by atoms with Gasteiger partial charge in [0.1, 0.15) is 11.5 Å². The molecular formula is C17H25ClN4O2. The second-order valence-electron chi connectivity index (χ2n) is 7.24. The van der Waals surface area contributed by atoms with Gasteiger partial charge < -0.3 is 14.6 Å². The van der Waals surface area contributed by atoms with Crippen molar-refractivity contribution in [1.82, 2.24) is 14.5 Å². The lowest BCUT2D eigenvalue weighted by Crippen LogP contribution is -2.36. The number of carbonyl (C=O) groups excluding carboxylic acids is 1. The van der Waals surface area contributed by atoms with E-state index >= 15 is 0 Å². The number of aromatic nitrogens is 3. The predicted octanol–water partition coefficient (Wildman–Crippen LogP) is 4.06. The summed E-state index contributed by atoms with van der Waals surface area (Å²) in [5, 5.41) is 4.43. The Bertz CT molecular complexity index is 734. The molecule has 0 saturated heterocycles. The Morgan fingerprint density at radius 1 is 1.38 bits per heavy atom. The number of hydrogen-bond donors (Lipinski definition) is 1. The van der Waals surface area contributed by atoms with E-state index in [-0.39, 0.29) is 35.2 Å². The van der Waals surface area contributed by atoms with Gasteiger partial charge in [0.15, 0.2) is 0 Å². The molecule has 0 amide bonds. The van der Waals surface area contributed by atoms with Gasteiger partial charge in [0, 0.05) is 18.3 Å². The lowest BCUT2D eigenvalue weighted by molar-refractivity contribution is -0.141. The maximum atomic E-state index is 11.8. The van der Waals surface area contributed by atoms with Gasteiger partial charge in [-0.2, -0.15) is 4.98 Å². The summed E-state index contributed by atoms with van der Waals surface area (Å²) in [5.74, 6) is 0.367. The molecule has 0 radical (unpaired) electrons. The first-order valence-corrected chi connectivity index (χ1v) is 8.38. The Balaban J connectivity index is 2.45. The largest absolute Gasteiger partial charge is 0.469 e. The van der Waals surface area contributed by atoms with Gasteiger partial charge >= 0.3 is 5.97 Å². The molecule has 132 valence electrons. The molecule has 0 fully saturated rings. The van der Waals surface area contributed by atoms with Crippen LogP contribution in [0.2, 0.25) is 5.28 Å². The molecule has 24 heavy (non-hydrogen) atoms. The number of nitrogens with zero attached hydrogens (tertiary/aromatic N) is 3. The van der Waals surface area contributed by atoms with E-state index in [2.05, 4.69) is 49.9 Å². The van der Waals surface area contributed by atoms with Gasteiger partial charge in [-0.25, -0.2) is 4.98 Å². The van der Waals surface area contributed by atoms with E-state index < -0.39 is 0 Å². The molecule has 2 rings (SSSR count). The Morgan fingerprint density at radius 2 is 2.04 bits per heavy atom. The summed E-state index contributed by atoms with van der Waals surface area (Å²) in [5.41, 5.74) is 0.608. The van der Waals surface area contributed by atoms with Crippen LogP contribution in [0.25, 0.3) is 11.0 Å². The second-order valence-corrected chi connectivity index (χ2v) is 7.58. The van der Waals surface area contributed by atoms with Gasteiger partial charge in [-0.15, -0.1) is 0 Å². The standard InChI is InChI=1S/C17H25ClN4O2/c1-10(2)22-8-7-11-14(20-16(18)21-15(11)22)19-12(17(3,4)5)9-13(23)24-6/h7-8,10,12H,9H2,1-6H3,(H,19,20,21). The fourth-order valence-electron chi connectivity index (χ4n) is 2.52. The van der Waals surface area contributed by atoms with Crippen molar-refractivity contribution in [3.05, 3.63) is 17.5 Å². The van der Waals surface area contributed by atoms with E-state index in [1.807, 2.05) is 16.8 Å². The second kappa shape index (κ2) is 6.97. The van der Waals surface area contributed by atoms with Gasteiger partial charge in [0.25, 0.3) is 0 Å². The monoisotopic (exact) mass is 352 g/mol. The number of carbonyl (C=O) groups is 1. The number of ether oxygens (including phenoxy) is 1. The zero-order valence-electron chi connectivity index (χ0n) is 15.1. The summed E-state index contributed by atoms with van der Waals surface area (Å²) in [6, 6.07) is 2.07. The third-order valence-corrected chi connectivity index (χ3v) is 4.22. The molecule has 0 aliphatic carbocycles. The fraction of sp³-hybridized carbons (Fsp3) is 0.588. The highest BCUT2D eigenvalue weighted by Gasteiger charge is 2.28. The van der Waals surface area contributed by atoms with Crippen LogP contribution in [0.5, 0.6) is 0 Å². The molecule has 0 aromatic carbocycles. The Kier molecular flexibility index (Phi) is 5.38. The SMILES string of the molecule is COC(=O)CC(Nc1nc(Cl)nc2c1ccn2C(C)C)C(C)(C)C. The van der Waals surface area contributed by atoms with Crippen LogP contribution in [0.1, 0.15) is 47.1 Å². The quantitative estimate of drug-likeness (QED) is 0.649. The zero-order chi connectivity index (χ0) is 18.1. The van der Waals surface area contributed by atoms with Crippen molar-refractivity contribution < 1.29 is 9.53 Å². The molecule has 0 aliphatic rings. The van der Waals surface area contributed by atoms with Gasteiger partial charge in [-0.1, -0.05) is 20.8 Å². The van der Waals surface area contributed by atoms with Gasteiger partial charge in [0.05, 0.1) is 18.9 Å². The van der Waals surface area contributed by atoms with Crippen molar-refractivity contribution in [2.75, 3.05) is 12.4 Å². The molecule has 1 N–H and O–H groups in total. The van der Waals surface area contributed by atoms with Crippen molar-refractivity contribution in [3.63, 3.8) is 0 Å². The zero-order valence-corrected chi connectivity index (χ0v) is 15.8. The molecule has 1 atom stereocenters. The minimum absolute atomic E-state index is 0.151. The molecule has 6 nitrogen and oxygen atoms in total. The van der Waals surface area contributed by atoms with Gasteiger partial charge in [-0.3, -0.25) is 4.79 Å². The minimum atomic E-state index is -0.265. The maximum Gasteiger partial charge on any atom is 0.307 e. The molecule has 0 spiro atoms. The number of methoxy groups -OCH3 is 1. The Hall–Kier alpha value is -1.82. The van der Waals surface area contributed by atoms with Crippen LogP contribution in [0.3, 0.4) is 0 Å². The number of anilines is 1. The number of esters is 1. The normalized spacial score (nSPS) is 13.3. The minimum Gasteiger partial charge on any atom is -0.469 e. The Morgan fingerprint density at radius 3 is 2.58 bits per heavy atom. The topological polar surface area (TPSA) is 69.0 Å². The first-order chi connectivity index (χ1) is 11.1. The van der Waals surface area contributed by atoms with Gasteiger partial charge in [-0.05, 0) is 36.9 Å². The molecule has 1 unspecified atom stereocenters. The molecule has 2 aromatic heterocycles. The average molecular weight is 353 g/mol. The molecule has 0 saturated carbocycles. The summed E-state index contributed by atoms with van der Waals surface area (Å²) in [4.78, 5) is 20.4. The van der Waals surface area contributed by atoms with Crippen LogP contribution in [0.15, 0.2) is 12.3 Å². The molecule has 2 heterocycles. The van der Waals surface area contributed by atoms with E-state index in [1.54, 1.807) is 0 Å². The fourth-order valence-corrected chi connectivity index (χ4v) is 2.69. The van der Waals surface area contributed by atoms with Crippen LogP contribution >= 0.6 is 11.6 Å². The van der Waals surface area contributed by atoms with Crippen LogP contribution < -0.4 is 5.32 Å². The molecular weight excluding hydrogens is 328 g/mol. The summed E-state index contributed by atoms with van der Waals surface area (Å²) in [6.07, 6.45) is 2.21. The number of rotatable bonds is 5. The average Bonchev–Trinajstić information content (AvgIpc) is 2.89. The van der Waals surface area contributed by atoms with Crippen LogP contribution in [-0.4, -0.2) is 33.7 Å². The highest BCUT2D eigenvalue weighted by molar-refractivity contribution is 6.28. The number of hydrogen-bond acceptors (Lipinski definition) is 5. The van der Waals surface area contributed by atoms with E-state index in [1.165, 1.54) is 7.11 Å². The van der Waals surface area contributed by atoms with Crippen LogP contribution in [0.4, 0.5) is 5.82 Å². The van der Waals surface area contributed by atoms with E-state index in [0.29, 0.717) is 5.82 Å².